The van der Waals surface area contributed by atoms with Gasteiger partial charge < -0.3 is 0 Å². The van der Waals surface area contributed by atoms with Gasteiger partial charge in [-0.05, 0) is 54.7 Å². The molecule has 0 aliphatic heterocycles. The molecular formula is C15H15. The van der Waals surface area contributed by atoms with Crippen molar-refractivity contribution in [2.45, 2.75) is 20.8 Å². The summed E-state index contributed by atoms with van der Waals surface area (Å²) in [6.45, 7) is 6.51. The van der Waals surface area contributed by atoms with E-state index >= 15 is 0 Å². The number of hydrogen-bond donors (Lipinski definition) is 0. The lowest BCUT2D eigenvalue weighted by molar-refractivity contribution is 1.30. The van der Waals surface area contributed by atoms with E-state index in [9.17, 15) is 0 Å². The molecule has 0 saturated carbocycles. The molecule has 75 valence electrons. The topological polar surface area (TPSA) is 0 Å². The minimum Gasteiger partial charge on any atom is -0.0588 e. The molecule has 0 bridgehead atoms. The van der Waals surface area contributed by atoms with E-state index in [0.717, 1.165) is 0 Å². The third-order valence-electron chi connectivity index (χ3n) is 2.95. The van der Waals surface area contributed by atoms with Gasteiger partial charge in [-0.2, -0.15) is 0 Å². The Bertz CT molecular complexity index is 467. The van der Waals surface area contributed by atoms with E-state index in [1.807, 2.05) is 12.1 Å². The normalized spacial score (nSPS) is 10.3. The van der Waals surface area contributed by atoms with Crippen molar-refractivity contribution in [1.82, 2.24) is 0 Å². The van der Waals surface area contributed by atoms with Gasteiger partial charge in [0.15, 0.2) is 0 Å². The molecule has 0 fully saturated rings. The first-order chi connectivity index (χ1) is 7.20. The highest BCUT2D eigenvalue weighted by atomic mass is 14.1. The number of benzene rings is 2. The first kappa shape index (κ1) is 9.97. The maximum atomic E-state index is 3.06. The standard InChI is InChI=1S/C15H15/c1-11-9-10-12(2)15(13(11)3)14-7-5-4-6-8-14/h5-10H,1-3H3. The van der Waals surface area contributed by atoms with Gasteiger partial charge >= 0.3 is 0 Å². The van der Waals surface area contributed by atoms with Crippen LogP contribution in [0.25, 0.3) is 11.1 Å². The molecule has 0 heterocycles. The van der Waals surface area contributed by atoms with E-state index < -0.39 is 0 Å². The van der Waals surface area contributed by atoms with Crippen LogP contribution in [-0.4, -0.2) is 0 Å². The van der Waals surface area contributed by atoms with Gasteiger partial charge in [0.05, 0.1) is 0 Å². The second kappa shape index (κ2) is 3.90. The van der Waals surface area contributed by atoms with Crippen LogP contribution in [0.3, 0.4) is 0 Å². The van der Waals surface area contributed by atoms with Crippen molar-refractivity contribution in [2.75, 3.05) is 0 Å². The molecule has 0 aliphatic rings. The molecule has 2 aromatic rings. The van der Waals surface area contributed by atoms with Crippen molar-refractivity contribution < 1.29 is 0 Å². The summed E-state index contributed by atoms with van der Waals surface area (Å²) >= 11 is 0. The predicted octanol–water partition coefficient (Wildman–Crippen LogP) is 4.08. The third kappa shape index (κ3) is 1.80. The zero-order valence-corrected chi connectivity index (χ0v) is 9.46. The molecule has 0 nitrogen and oxygen atoms in total. The molecule has 15 heavy (non-hydrogen) atoms. The van der Waals surface area contributed by atoms with Crippen LogP contribution >= 0.6 is 0 Å². The van der Waals surface area contributed by atoms with Crippen molar-refractivity contribution >= 4 is 0 Å². The predicted molar refractivity (Wildman–Crippen MR) is 64.9 cm³/mol. The van der Waals surface area contributed by atoms with E-state index in [-0.39, 0.29) is 0 Å². The third-order valence-corrected chi connectivity index (χ3v) is 2.95. The summed E-state index contributed by atoms with van der Waals surface area (Å²) in [5, 5.41) is 0. The van der Waals surface area contributed by atoms with E-state index in [1.54, 1.807) is 0 Å². The van der Waals surface area contributed by atoms with Crippen molar-refractivity contribution in [3.63, 3.8) is 0 Å². The summed E-state index contributed by atoms with van der Waals surface area (Å²) in [4.78, 5) is 0. The largest absolute Gasteiger partial charge is 0.0588 e. The zero-order valence-electron chi connectivity index (χ0n) is 9.46. The molecule has 0 spiro atoms. The van der Waals surface area contributed by atoms with Gasteiger partial charge in [-0.15, -0.1) is 0 Å². The Morgan fingerprint density at radius 2 is 1.40 bits per heavy atom. The van der Waals surface area contributed by atoms with Crippen LogP contribution in [0, 0.1) is 26.8 Å². The Morgan fingerprint density at radius 3 is 2.07 bits per heavy atom. The summed E-state index contributed by atoms with van der Waals surface area (Å²) in [7, 11) is 0. The van der Waals surface area contributed by atoms with Crippen LogP contribution in [0.2, 0.25) is 0 Å². The first-order valence-electron chi connectivity index (χ1n) is 5.23. The Labute approximate surface area is 91.6 Å². The molecule has 1 radical (unpaired) electrons. The second-order valence-corrected chi connectivity index (χ2v) is 3.99. The van der Waals surface area contributed by atoms with Crippen LogP contribution in [0.15, 0.2) is 36.4 Å². The minimum absolute atomic E-state index is 1.28. The van der Waals surface area contributed by atoms with Gasteiger partial charge in [0, 0.05) is 0 Å². The molecule has 0 unspecified atom stereocenters. The molecule has 0 N–H and O–H groups in total. The van der Waals surface area contributed by atoms with Gasteiger partial charge in [-0.1, -0.05) is 36.4 Å². The van der Waals surface area contributed by atoms with Crippen molar-refractivity contribution in [1.29, 1.82) is 0 Å². The van der Waals surface area contributed by atoms with Crippen LogP contribution in [0.4, 0.5) is 0 Å². The molecule has 0 amide bonds. The quantitative estimate of drug-likeness (QED) is 0.643. The van der Waals surface area contributed by atoms with E-state index in [0.29, 0.717) is 0 Å². The lowest BCUT2D eigenvalue weighted by Crippen LogP contribution is -1.90. The lowest BCUT2D eigenvalue weighted by atomic mass is 9.93. The summed E-state index contributed by atoms with van der Waals surface area (Å²) in [6.07, 6.45) is 0. The van der Waals surface area contributed by atoms with Gasteiger partial charge in [0.1, 0.15) is 0 Å². The Balaban J connectivity index is 2.68. The number of aryl methyl sites for hydroxylation is 2. The van der Waals surface area contributed by atoms with Crippen molar-refractivity contribution in [2.24, 2.45) is 0 Å². The van der Waals surface area contributed by atoms with Gasteiger partial charge in [-0.25, -0.2) is 0 Å². The maximum absolute atomic E-state index is 3.06. The second-order valence-electron chi connectivity index (χ2n) is 3.99. The highest BCUT2D eigenvalue weighted by Gasteiger charge is 2.06. The van der Waals surface area contributed by atoms with Gasteiger partial charge in [0.25, 0.3) is 0 Å². The zero-order chi connectivity index (χ0) is 10.8. The molecule has 0 aromatic heterocycles. The fraction of sp³-hybridized carbons (Fsp3) is 0.200. The Kier molecular flexibility index (Phi) is 2.59. The van der Waals surface area contributed by atoms with Crippen LogP contribution in [0.1, 0.15) is 16.7 Å². The van der Waals surface area contributed by atoms with E-state index in [4.69, 9.17) is 0 Å². The van der Waals surface area contributed by atoms with Crippen molar-refractivity contribution in [3.8, 4) is 11.1 Å². The monoisotopic (exact) mass is 195 g/mol. The summed E-state index contributed by atoms with van der Waals surface area (Å²) < 4.78 is 0. The molecule has 2 rings (SSSR count). The van der Waals surface area contributed by atoms with Crippen LogP contribution in [-0.2, 0) is 0 Å². The fourth-order valence-electron chi connectivity index (χ4n) is 1.95. The first-order valence-corrected chi connectivity index (χ1v) is 5.23. The fourth-order valence-corrected chi connectivity index (χ4v) is 1.95. The molecule has 2 aromatic carbocycles. The number of rotatable bonds is 1. The average Bonchev–Trinajstić information content (AvgIpc) is 2.26. The minimum atomic E-state index is 1.28. The maximum Gasteiger partial charge on any atom is -0.0123 e. The molecule has 0 heteroatoms. The van der Waals surface area contributed by atoms with Gasteiger partial charge in [0.2, 0.25) is 0 Å². The Hall–Kier alpha value is -1.56. The molecular weight excluding hydrogens is 180 g/mol. The summed E-state index contributed by atoms with van der Waals surface area (Å²) in [5.74, 6) is 0. The van der Waals surface area contributed by atoms with Crippen molar-refractivity contribution in [3.05, 3.63) is 59.2 Å². The van der Waals surface area contributed by atoms with Gasteiger partial charge in [-0.3, -0.25) is 0 Å². The van der Waals surface area contributed by atoms with Crippen LogP contribution < -0.4 is 0 Å². The molecule has 0 aliphatic carbocycles. The Morgan fingerprint density at radius 1 is 0.800 bits per heavy atom. The highest BCUT2D eigenvalue weighted by molar-refractivity contribution is 5.71. The highest BCUT2D eigenvalue weighted by Crippen LogP contribution is 2.28. The SMILES string of the molecule is Cc1ccc(C)c(-c2cc[c]cc2)c1C. The van der Waals surface area contributed by atoms with Crippen LogP contribution in [0.5, 0.6) is 0 Å². The molecule has 0 saturated heterocycles. The lowest BCUT2D eigenvalue weighted by Gasteiger charge is -2.12. The van der Waals surface area contributed by atoms with E-state index in [1.165, 1.54) is 27.8 Å². The average molecular weight is 195 g/mol. The summed E-state index contributed by atoms with van der Waals surface area (Å²) in [6, 6.07) is 15.6. The smallest absolute Gasteiger partial charge is 0.0123 e. The van der Waals surface area contributed by atoms with E-state index in [2.05, 4.69) is 51.1 Å². The summed E-state index contributed by atoms with van der Waals surface area (Å²) in [5.41, 5.74) is 6.71. The number of hydrogen-bond acceptors (Lipinski definition) is 0. The molecule has 0 atom stereocenters.